The lowest BCUT2D eigenvalue weighted by molar-refractivity contribution is 0.0521. The molecule has 0 aliphatic carbocycles. The van der Waals surface area contributed by atoms with E-state index < -0.39 is 5.60 Å². The van der Waals surface area contributed by atoms with Crippen molar-refractivity contribution < 1.29 is 9.53 Å². The monoisotopic (exact) mass is 432 g/mol. The van der Waals surface area contributed by atoms with Crippen molar-refractivity contribution in [2.24, 2.45) is 0 Å². The first kappa shape index (κ1) is 20.2. The third kappa shape index (κ3) is 8.55. The van der Waals surface area contributed by atoms with Crippen molar-refractivity contribution in [2.45, 2.75) is 65.1 Å². The topological polar surface area (TPSA) is 50.4 Å². The van der Waals surface area contributed by atoms with E-state index in [4.69, 9.17) is 4.74 Å². The smallest absolute Gasteiger partial charge is 0.407 e. The third-order valence-corrected chi connectivity index (χ3v) is 4.10. The van der Waals surface area contributed by atoms with Gasteiger partial charge in [0.15, 0.2) is 0 Å². The number of rotatable bonds is 7. The van der Waals surface area contributed by atoms with E-state index in [1.54, 1.807) is 0 Å². The molecule has 0 aliphatic rings. The van der Waals surface area contributed by atoms with Gasteiger partial charge >= 0.3 is 6.09 Å². The molecule has 1 aromatic carbocycles. The fourth-order valence-electron chi connectivity index (χ4n) is 2.31. The van der Waals surface area contributed by atoms with Crippen LogP contribution in [0.3, 0.4) is 0 Å². The molecule has 1 rings (SSSR count). The summed E-state index contributed by atoms with van der Waals surface area (Å²) < 4.78 is 6.52. The molecule has 4 nitrogen and oxygen atoms in total. The lowest BCUT2D eigenvalue weighted by atomic mass is 10.1. The van der Waals surface area contributed by atoms with Crippen LogP contribution in [0.5, 0.6) is 0 Å². The lowest BCUT2D eigenvalue weighted by Crippen LogP contribution is -2.43. The maximum Gasteiger partial charge on any atom is 0.407 e. The summed E-state index contributed by atoms with van der Waals surface area (Å²) >= 11 is 2.31. The fraction of sp³-hybridized carbons (Fsp3) is 0.611. The molecular formula is C18H29IN2O2. The lowest BCUT2D eigenvalue weighted by Gasteiger charge is -2.25. The van der Waals surface area contributed by atoms with Gasteiger partial charge < -0.3 is 15.4 Å². The molecule has 0 aromatic heterocycles. The van der Waals surface area contributed by atoms with Crippen LogP contribution in [-0.4, -0.2) is 24.3 Å². The molecule has 0 saturated heterocycles. The average Bonchev–Trinajstić information content (AvgIpc) is 2.44. The first-order valence-corrected chi connectivity index (χ1v) is 9.27. The summed E-state index contributed by atoms with van der Waals surface area (Å²) in [6, 6.07) is 8.97. The van der Waals surface area contributed by atoms with Gasteiger partial charge in [0, 0.05) is 22.2 Å². The van der Waals surface area contributed by atoms with Crippen LogP contribution in [0.4, 0.5) is 4.79 Å². The van der Waals surface area contributed by atoms with E-state index in [0.29, 0.717) is 6.54 Å². The SMILES string of the molecule is CCCC(CNC(=O)OC(C)(C)C)NC(C)c1ccc(I)cc1. The highest BCUT2D eigenvalue weighted by Gasteiger charge is 2.18. The molecular weight excluding hydrogens is 403 g/mol. The molecule has 2 unspecified atom stereocenters. The van der Waals surface area contributed by atoms with Crippen LogP contribution in [0, 0.1) is 3.57 Å². The molecule has 0 heterocycles. The van der Waals surface area contributed by atoms with Crippen LogP contribution >= 0.6 is 22.6 Å². The van der Waals surface area contributed by atoms with Gasteiger partial charge in [0.05, 0.1) is 0 Å². The van der Waals surface area contributed by atoms with Crippen LogP contribution in [-0.2, 0) is 4.74 Å². The normalized spacial score (nSPS) is 14.2. The van der Waals surface area contributed by atoms with Crippen molar-refractivity contribution in [3.8, 4) is 0 Å². The van der Waals surface area contributed by atoms with E-state index >= 15 is 0 Å². The number of hydrogen-bond acceptors (Lipinski definition) is 3. The number of alkyl carbamates (subject to hydrolysis) is 1. The Morgan fingerprint density at radius 1 is 1.26 bits per heavy atom. The first-order chi connectivity index (χ1) is 10.7. The number of benzene rings is 1. The minimum atomic E-state index is -0.466. The van der Waals surface area contributed by atoms with Gasteiger partial charge in [-0.2, -0.15) is 0 Å². The van der Waals surface area contributed by atoms with Gasteiger partial charge in [0.2, 0.25) is 0 Å². The molecule has 2 atom stereocenters. The number of ether oxygens (including phenoxy) is 1. The molecule has 1 aromatic rings. The van der Waals surface area contributed by atoms with Crippen molar-refractivity contribution in [1.29, 1.82) is 0 Å². The highest BCUT2D eigenvalue weighted by Crippen LogP contribution is 2.16. The molecule has 23 heavy (non-hydrogen) atoms. The third-order valence-electron chi connectivity index (χ3n) is 3.38. The Hall–Kier alpha value is -0.820. The zero-order chi connectivity index (χ0) is 17.5. The number of nitrogens with one attached hydrogen (secondary N) is 2. The maximum atomic E-state index is 11.8. The Labute approximate surface area is 153 Å². The second kappa shape index (κ2) is 9.47. The summed E-state index contributed by atoms with van der Waals surface area (Å²) in [4.78, 5) is 11.8. The van der Waals surface area contributed by atoms with Gasteiger partial charge in [-0.1, -0.05) is 25.5 Å². The zero-order valence-corrected chi connectivity index (χ0v) is 16.9. The summed E-state index contributed by atoms with van der Waals surface area (Å²) in [5.41, 5.74) is 0.787. The van der Waals surface area contributed by atoms with E-state index in [9.17, 15) is 4.79 Å². The molecule has 0 saturated carbocycles. The Balaban J connectivity index is 2.54. The highest BCUT2D eigenvalue weighted by atomic mass is 127. The summed E-state index contributed by atoms with van der Waals surface area (Å²) in [5.74, 6) is 0. The number of halogens is 1. The zero-order valence-electron chi connectivity index (χ0n) is 14.8. The summed E-state index contributed by atoms with van der Waals surface area (Å²) in [6.07, 6.45) is 1.71. The van der Waals surface area contributed by atoms with Crippen LogP contribution in [0.2, 0.25) is 0 Å². The Morgan fingerprint density at radius 2 is 1.87 bits per heavy atom. The minimum Gasteiger partial charge on any atom is -0.444 e. The predicted octanol–water partition coefficient (Wildman–Crippen LogP) is 4.64. The molecule has 0 bridgehead atoms. The fourth-order valence-corrected chi connectivity index (χ4v) is 2.67. The molecule has 130 valence electrons. The molecule has 1 amide bonds. The Kier molecular flexibility index (Phi) is 8.33. The summed E-state index contributed by atoms with van der Waals surface area (Å²) in [6.45, 7) is 10.5. The van der Waals surface area contributed by atoms with E-state index in [-0.39, 0.29) is 18.2 Å². The maximum absolute atomic E-state index is 11.8. The largest absolute Gasteiger partial charge is 0.444 e. The van der Waals surface area contributed by atoms with E-state index in [1.807, 2.05) is 20.8 Å². The van der Waals surface area contributed by atoms with E-state index in [0.717, 1.165) is 12.8 Å². The molecule has 0 spiro atoms. The van der Waals surface area contributed by atoms with Gasteiger partial charge in [-0.05, 0) is 74.4 Å². The van der Waals surface area contributed by atoms with Crippen molar-refractivity contribution in [3.05, 3.63) is 33.4 Å². The van der Waals surface area contributed by atoms with Gasteiger partial charge in [-0.3, -0.25) is 0 Å². The van der Waals surface area contributed by atoms with Gasteiger partial charge in [-0.15, -0.1) is 0 Å². The summed E-state index contributed by atoms with van der Waals surface area (Å²) in [5, 5.41) is 6.46. The predicted molar refractivity (Wildman–Crippen MR) is 104 cm³/mol. The molecule has 0 fully saturated rings. The standard InChI is InChI=1S/C18H29IN2O2/c1-6-7-16(12-20-17(22)23-18(3,4)5)21-13(2)14-8-10-15(19)11-9-14/h8-11,13,16,21H,6-7,12H2,1-5H3,(H,20,22). The minimum absolute atomic E-state index is 0.224. The van der Waals surface area contributed by atoms with Crippen LogP contribution in [0.15, 0.2) is 24.3 Å². The van der Waals surface area contributed by atoms with Crippen molar-refractivity contribution in [1.82, 2.24) is 10.6 Å². The Morgan fingerprint density at radius 3 is 2.39 bits per heavy atom. The van der Waals surface area contributed by atoms with Gasteiger partial charge in [0.1, 0.15) is 5.60 Å². The average molecular weight is 432 g/mol. The highest BCUT2D eigenvalue weighted by molar-refractivity contribution is 14.1. The number of carbonyl (C=O) groups excluding carboxylic acids is 1. The Bertz CT molecular complexity index is 483. The van der Waals surface area contributed by atoms with Crippen LogP contribution in [0.25, 0.3) is 0 Å². The molecule has 0 radical (unpaired) electrons. The van der Waals surface area contributed by atoms with Gasteiger partial charge in [0.25, 0.3) is 0 Å². The van der Waals surface area contributed by atoms with E-state index in [2.05, 4.69) is 71.3 Å². The number of hydrogen-bond donors (Lipinski definition) is 2. The first-order valence-electron chi connectivity index (χ1n) is 8.19. The second-order valence-electron chi connectivity index (χ2n) is 6.81. The second-order valence-corrected chi connectivity index (χ2v) is 8.05. The quantitative estimate of drug-likeness (QED) is 0.618. The van der Waals surface area contributed by atoms with Crippen molar-refractivity contribution in [3.63, 3.8) is 0 Å². The number of carbonyl (C=O) groups is 1. The molecule has 5 heteroatoms. The van der Waals surface area contributed by atoms with Crippen LogP contribution in [0.1, 0.15) is 59.1 Å². The van der Waals surface area contributed by atoms with Crippen molar-refractivity contribution >= 4 is 28.7 Å². The van der Waals surface area contributed by atoms with Gasteiger partial charge in [-0.25, -0.2) is 4.79 Å². The van der Waals surface area contributed by atoms with Crippen molar-refractivity contribution in [2.75, 3.05) is 6.54 Å². The summed E-state index contributed by atoms with van der Waals surface area (Å²) in [7, 11) is 0. The molecule has 0 aliphatic heterocycles. The van der Waals surface area contributed by atoms with Crippen LogP contribution < -0.4 is 10.6 Å². The van der Waals surface area contributed by atoms with E-state index in [1.165, 1.54) is 9.13 Å². The molecule has 2 N–H and O–H groups in total. The number of amides is 1.